The standard InChI is InChI=1S/C20H15N3O4S/c24-17(11-23-20(25)27-18(22-23)14-7-3-1-4-8-14)26-12-16-13-28-19(21-16)15-9-5-2-6-10-15/h1-10,13H,11-12H2. The Labute approximate surface area is 163 Å². The molecule has 4 aromatic rings. The Morgan fingerprint density at radius 1 is 1.04 bits per heavy atom. The number of ether oxygens (including phenoxy) is 1. The highest BCUT2D eigenvalue weighted by molar-refractivity contribution is 7.13. The maximum atomic E-state index is 12.1. The van der Waals surface area contributed by atoms with E-state index in [0.29, 0.717) is 11.3 Å². The summed E-state index contributed by atoms with van der Waals surface area (Å²) in [6.45, 7) is -0.300. The van der Waals surface area contributed by atoms with Crippen molar-refractivity contribution in [1.82, 2.24) is 14.8 Å². The van der Waals surface area contributed by atoms with E-state index in [4.69, 9.17) is 9.15 Å². The summed E-state index contributed by atoms with van der Waals surface area (Å²) >= 11 is 1.48. The summed E-state index contributed by atoms with van der Waals surface area (Å²) in [4.78, 5) is 28.4. The van der Waals surface area contributed by atoms with E-state index in [1.54, 1.807) is 24.3 Å². The number of benzene rings is 2. The number of hydrogen-bond acceptors (Lipinski definition) is 7. The van der Waals surface area contributed by atoms with Crippen molar-refractivity contribution in [3.8, 4) is 22.0 Å². The molecule has 2 aromatic carbocycles. The molecule has 0 aliphatic rings. The number of nitrogens with zero attached hydrogens (tertiary/aromatic N) is 3. The van der Waals surface area contributed by atoms with Crippen LogP contribution in [-0.2, 0) is 22.7 Å². The fourth-order valence-electron chi connectivity index (χ4n) is 2.51. The maximum Gasteiger partial charge on any atom is 0.437 e. The number of carbonyl (C=O) groups excluding carboxylic acids is 1. The van der Waals surface area contributed by atoms with Gasteiger partial charge in [0.2, 0.25) is 5.89 Å². The van der Waals surface area contributed by atoms with Crippen LogP contribution in [0.15, 0.2) is 75.3 Å². The molecule has 0 bridgehead atoms. The third kappa shape index (κ3) is 4.07. The summed E-state index contributed by atoms with van der Waals surface area (Å²) in [6, 6.07) is 18.7. The first-order valence-corrected chi connectivity index (χ1v) is 9.36. The van der Waals surface area contributed by atoms with Crippen LogP contribution in [0.25, 0.3) is 22.0 Å². The quantitative estimate of drug-likeness (QED) is 0.467. The molecular weight excluding hydrogens is 378 g/mol. The molecule has 4 rings (SSSR count). The smallest absolute Gasteiger partial charge is 0.437 e. The highest BCUT2D eigenvalue weighted by atomic mass is 32.1. The van der Waals surface area contributed by atoms with Gasteiger partial charge in [-0.1, -0.05) is 48.5 Å². The fraction of sp³-hybridized carbons (Fsp3) is 0.100. The van der Waals surface area contributed by atoms with Gasteiger partial charge in [0.25, 0.3) is 0 Å². The minimum absolute atomic E-state index is 0.0281. The first-order chi connectivity index (χ1) is 13.7. The fourth-order valence-corrected chi connectivity index (χ4v) is 3.32. The van der Waals surface area contributed by atoms with Crippen LogP contribution in [0.1, 0.15) is 5.69 Å². The van der Waals surface area contributed by atoms with E-state index in [9.17, 15) is 9.59 Å². The molecule has 0 fully saturated rings. The Balaban J connectivity index is 1.37. The van der Waals surface area contributed by atoms with E-state index >= 15 is 0 Å². The van der Waals surface area contributed by atoms with Crippen LogP contribution in [0.5, 0.6) is 0 Å². The molecule has 0 radical (unpaired) electrons. The van der Waals surface area contributed by atoms with E-state index in [1.807, 2.05) is 41.8 Å². The van der Waals surface area contributed by atoms with Crippen LogP contribution in [0.4, 0.5) is 0 Å². The van der Waals surface area contributed by atoms with Crippen molar-refractivity contribution < 1.29 is 13.9 Å². The average molecular weight is 393 g/mol. The summed E-state index contributed by atoms with van der Waals surface area (Å²) in [5, 5.41) is 6.73. The van der Waals surface area contributed by atoms with Gasteiger partial charge in [-0.2, -0.15) is 4.68 Å². The summed E-state index contributed by atoms with van der Waals surface area (Å²) in [5.41, 5.74) is 2.31. The van der Waals surface area contributed by atoms with E-state index in [-0.39, 0.29) is 19.0 Å². The molecule has 2 aromatic heterocycles. The lowest BCUT2D eigenvalue weighted by atomic mass is 10.2. The van der Waals surface area contributed by atoms with Crippen molar-refractivity contribution in [3.63, 3.8) is 0 Å². The Morgan fingerprint density at radius 3 is 2.43 bits per heavy atom. The van der Waals surface area contributed by atoms with Gasteiger partial charge in [0.1, 0.15) is 18.2 Å². The topological polar surface area (TPSA) is 87.2 Å². The molecule has 0 atom stereocenters. The molecule has 28 heavy (non-hydrogen) atoms. The third-order valence-corrected chi connectivity index (χ3v) is 4.80. The molecule has 140 valence electrons. The highest BCUT2D eigenvalue weighted by Crippen LogP contribution is 2.23. The van der Waals surface area contributed by atoms with E-state index in [0.717, 1.165) is 15.3 Å². The average Bonchev–Trinajstić information content (AvgIpc) is 3.35. The summed E-state index contributed by atoms with van der Waals surface area (Å²) in [7, 11) is 0. The first-order valence-electron chi connectivity index (χ1n) is 8.48. The number of carbonyl (C=O) groups is 1. The van der Waals surface area contributed by atoms with Crippen LogP contribution in [-0.4, -0.2) is 20.7 Å². The molecule has 0 N–H and O–H groups in total. The lowest BCUT2D eigenvalue weighted by molar-refractivity contribution is -0.146. The zero-order valence-corrected chi connectivity index (χ0v) is 15.5. The second kappa shape index (κ2) is 8.01. The van der Waals surface area contributed by atoms with E-state index in [1.165, 1.54) is 11.3 Å². The molecule has 0 saturated carbocycles. The van der Waals surface area contributed by atoms with Gasteiger partial charge in [0.15, 0.2) is 0 Å². The van der Waals surface area contributed by atoms with Gasteiger partial charge < -0.3 is 9.15 Å². The van der Waals surface area contributed by atoms with Crippen LogP contribution >= 0.6 is 11.3 Å². The molecule has 0 aliphatic heterocycles. The number of rotatable bonds is 6. The zero-order valence-electron chi connectivity index (χ0n) is 14.6. The van der Waals surface area contributed by atoms with Crippen molar-refractivity contribution in [2.75, 3.05) is 0 Å². The molecule has 7 nitrogen and oxygen atoms in total. The lowest BCUT2D eigenvalue weighted by Crippen LogP contribution is -2.23. The second-order valence-corrected chi connectivity index (χ2v) is 6.73. The number of thiazole rings is 1. The summed E-state index contributed by atoms with van der Waals surface area (Å²) in [5.74, 6) is -1.15. The number of esters is 1. The van der Waals surface area contributed by atoms with Crippen molar-refractivity contribution >= 4 is 17.3 Å². The normalized spacial score (nSPS) is 10.7. The van der Waals surface area contributed by atoms with Gasteiger partial charge in [0, 0.05) is 16.5 Å². The van der Waals surface area contributed by atoms with Gasteiger partial charge in [-0.15, -0.1) is 16.4 Å². The van der Waals surface area contributed by atoms with Crippen molar-refractivity contribution in [1.29, 1.82) is 0 Å². The number of aromatic nitrogens is 3. The van der Waals surface area contributed by atoms with Crippen molar-refractivity contribution in [3.05, 3.63) is 82.3 Å². The van der Waals surface area contributed by atoms with Crippen LogP contribution < -0.4 is 5.76 Å². The monoisotopic (exact) mass is 393 g/mol. The molecule has 0 unspecified atom stereocenters. The molecular formula is C20H15N3O4S. The van der Waals surface area contributed by atoms with Gasteiger partial charge in [-0.05, 0) is 12.1 Å². The maximum absolute atomic E-state index is 12.1. The molecule has 0 amide bonds. The molecule has 0 saturated heterocycles. The Kier molecular flexibility index (Phi) is 5.11. The van der Waals surface area contributed by atoms with Gasteiger partial charge in [-0.3, -0.25) is 4.79 Å². The summed E-state index contributed by atoms with van der Waals surface area (Å²) in [6.07, 6.45) is 0. The zero-order chi connectivity index (χ0) is 19.3. The third-order valence-electron chi connectivity index (χ3n) is 3.86. The predicted octanol–water partition coefficient (Wildman–Crippen LogP) is 3.37. The van der Waals surface area contributed by atoms with E-state index < -0.39 is 11.7 Å². The summed E-state index contributed by atoms with van der Waals surface area (Å²) < 4.78 is 11.3. The van der Waals surface area contributed by atoms with Crippen molar-refractivity contribution in [2.24, 2.45) is 0 Å². The SMILES string of the molecule is O=C(Cn1nc(-c2ccccc2)oc1=O)OCc1csc(-c2ccccc2)n1. The minimum atomic E-state index is -0.712. The molecule has 0 aliphatic carbocycles. The van der Waals surface area contributed by atoms with Gasteiger partial charge in [0.05, 0.1) is 5.69 Å². The molecule has 0 spiro atoms. The van der Waals surface area contributed by atoms with Gasteiger partial charge >= 0.3 is 11.7 Å². The Bertz CT molecular complexity index is 1130. The largest absolute Gasteiger partial charge is 0.458 e. The first kappa shape index (κ1) is 17.9. The van der Waals surface area contributed by atoms with Crippen LogP contribution in [0.3, 0.4) is 0 Å². The van der Waals surface area contributed by atoms with Crippen molar-refractivity contribution in [2.45, 2.75) is 13.2 Å². The van der Waals surface area contributed by atoms with Crippen LogP contribution in [0, 0.1) is 0 Å². The van der Waals surface area contributed by atoms with E-state index in [2.05, 4.69) is 10.1 Å². The molecule has 2 heterocycles. The lowest BCUT2D eigenvalue weighted by Gasteiger charge is -2.01. The predicted molar refractivity (Wildman–Crippen MR) is 104 cm³/mol. The highest BCUT2D eigenvalue weighted by Gasteiger charge is 2.14. The Hall–Kier alpha value is -3.52. The minimum Gasteiger partial charge on any atom is -0.458 e. The Morgan fingerprint density at radius 2 is 1.71 bits per heavy atom. The second-order valence-electron chi connectivity index (χ2n) is 5.87. The molecule has 8 heteroatoms. The van der Waals surface area contributed by atoms with Crippen LogP contribution in [0.2, 0.25) is 0 Å². The van der Waals surface area contributed by atoms with Gasteiger partial charge in [-0.25, -0.2) is 9.78 Å². The number of hydrogen-bond donors (Lipinski definition) is 0.